The summed E-state index contributed by atoms with van der Waals surface area (Å²) < 4.78 is 17.9. The topological polar surface area (TPSA) is 109 Å². The van der Waals surface area contributed by atoms with Crippen molar-refractivity contribution in [3.8, 4) is 0 Å². The van der Waals surface area contributed by atoms with Gasteiger partial charge in [-0.15, -0.1) is 11.6 Å². The van der Waals surface area contributed by atoms with E-state index < -0.39 is 51.8 Å². The SMILES string of the molecule is CC(CO)[C@@]12O[C@@H]3C[C@H]4C5=C(CC[C@]4(C)[C@@]4(O[C@@H]4[C@H]1Cl)[C@]3(O)[C@@H]2O)C(=O)OC5. The molecule has 28 heavy (non-hydrogen) atoms. The van der Waals surface area contributed by atoms with Gasteiger partial charge in [0.2, 0.25) is 0 Å². The number of rotatable bonds is 2. The van der Waals surface area contributed by atoms with E-state index in [1.165, 1.54) is 0 Å². The lowest BCUT2D eigenvalue weighted by atomic mass is 9.45. The number of aliphatic hydroxyl groups is 3. The Hall–Kier alpha value is -0.700. The van der Waals surface area contributed by atoms with Crippen LogP contribution in [0.4, 0.5) is 0 Å². The molecule has 2 saturated heterocycles. The van der Waals surface area contributed by atoms with Gasteiger partial charge >= 0.3 is 5.97 Å². The van der Waals surface area contributed by atoms with Crippen molar-refractivity contribution in [2.75, 3.05) is 13.2 Å². The van der Waals surface area contributed by atoms with Crippen LogP contribution in [0.2, 0.25) is 0 Å². The molecule has 4 fully saturated rings. The fourth-order valence-corrected chi connectivity index (χ4v) is 8.16. The normalized spacial score (nSPS) is 59.4. The standard InChI is InChI=1S/C20H25ClO7/c1-8(6-22)18-13(21)14-20(28-14)17(2)4-3-9-10(7-26-15(9)23)11(17)5-12(27-18)19(20,25)16(18)24/h8,11-14,16,22,24-25H,3-7H2,1-2H3/t8?,11-,12+,13+,14+,16+,17-,18+,19+,20+/m0/s1. The van der Waals surface area contributed by atoms with Gasteiger partial charge < -0.3 is 29.5 Å². The molecule has 3 N–H and O–H groups in total. The van der Waals surface area contributed by atoms with Gasteiger partial charge in [0.05, 0.1) is 11.5 Å². The molecule has 3 aliphatic carbocycles. The Balaban J connectivity index is 1.55. The largest absolute Gasteiger partial charge is 0.458 e. The van der Waals surface area contributed by atoms with Crippen LogP contribution < -0.4 is 0 Å². The smallest absolute Gasteiger partial charge is 0.334 e. The van der Waals surface area contributed by atoms with Crippen LogP contribution in [0.15, 0.2) is 11.1 Å². The maximum absolute atomic E-state index is 12.1. The fraction of sp³-hybridized carbons (Fsp3) is 0.850. The molecule has 0 aromatic rings. The summed E-state index contributed by atoms with van der Waals surface area (Å²) >= 11 is 6.85. The van der Waals surface area contributed by atoms with Crippen molar-refractivity contribution >= 4 is 17.6 Å². The minimum Gasteiger partial charge on any atom is -0.458 e. The Bertz CT molecular complexity index is 829. The highest BCUT2D eigenvalue weighted by Gasteiger charge is 2.94. The second-order valence-electron chi connectivity index (χ2n) is 9.73. The summed E-state index contributed by atoms with van der Waals surface area (Å²) in [7, 11) is 0. The number of epoxide rings is 1. The molecule has 0 aromatic carbocycles. The first kappa shape index (κ1) is 18.1. The molecule has 2 bridgehead atoms. The third-order valence-electron chi connectivity index (χ3n) is 9.05. The highest BCUT2D eigenvalue weighted by Crippen LogP contribution is 2.77. The highest BCUT2D eigenvalue weighted by atomic mass is 35.5. The second kappa shape index (κ2) is 4.95. The Morgan fingerprint density at radius 2 is 2.11 bits per heavy atom. The zero-order valence-electron chi connectivity index (χ0n) is 15.9. The summed E-state index contributed by atoms with van der Waals surface area (Å²) in [6.45, 7) is 3.90. The number of aliphatic hydroxyl groups excluding tert-OH is 2. The van der Waals surface area contributed by atoms with Crippen LogP contribution >= 0.6 is 11.6 Å². The van der Waals surface area contributed by atoms with Gasteiger partial charge in [0.25, 0.3) is 0 Å². The molecular weight excluding hydrogens is 388 g/mol. The van der Waals surface area contributed by atoms with Gasteiger partial charge in [0.15, 0.2) is 5.60 Å². The molecule has 3 heterocycles. The van der Waals surface area contributed by atoms with E-state index in [0.717, 1.165) is 11.1 Å². The second-order valence-corrected chi connectivity index (χ2v) is 10.2. The van der Waals surface area contributed by atoms with Crippen LogP contribution in [0.25, 0.3) is 0 Å². The molecule has 154 valence electrons. The van der Waals surface area contributed by atoms with Crippen molar-refractivity contribution in [2.24, 2.45) is 17.3 Å². The highest BCUT2D eigenvalue weighted by molar-refractivity contribution is 6.22. The average Bonchev–Trinajstić information content (AvgIpc) is 3.29. The van der Waals surface area contributed by atoms with Crippen LogP contribution in [0, 0.1) is 17.3 Å². The van der Waals surface area contributed by atoms with Gasteiger partial charge in [-0.05, 0) is 30.8 Å². The Labute approximate surface area is 167 Å². The van der Waals surface area contributed by atoms with Gasteiger partial charge in [0, 0.05) is 23.5 Å². The lowest BCUT2D eigenvalue weighted by Crippen LogP contribution is -2.76. The number of hydrogen-bond acceptors (Lipinski definition) is 7. The molecule has 6 aliphatic rings. The third kappa shape index (κ3) is 1.49. The van der Waals surface area contributed by atoms with Crippen molar-refractivity contribution < 1.29 is 34.3 Å². The van der Waals surface area contributed by atoms with Crippen LogP contribution in [-0.4, -0.2) is 75.0 Å². The minimum atomic E-state index is -1.60. The average molecular weight is 413 g/mol. The van der Waals surface area contributed by atoms with Crippen LogP contribution in [0.3, 0.4) is 0 Å². The predicted molar refractivity (Wildman–Crippen MR) is 95.5 cm³/mol. The first-order chi connectivity index (χ1) is 13.2. The van der Waals surface area contributed by atoms with E-state index in [0.29, 0.717) is 19.3 Å². The molecule has 2 saturated carbocycles. The van der Waals surface area contributed by atoms with E-state index in [1.807, 2.05) is 0 Å². The molecule has 6 rings (SSSR count). The molecule has 3 aliphatic heterocycles. The number of ether oxygens (including phenoxy) is 3. The quantitative estimate of drug-likeness (QED) is 0.339. The van der Waals surface area contributed by atoms with Crippen LogP contribution in [0.5, 0.6) is 0 Å². The first-order valence-corrected chi connectivity index (χ1v) is 10.5. The van der Waals surface area contributed by atoms with Gasteiger partial charge in [-0.25, -0.2) is 4.79 Å². The number of carbonyl (C=O) groups excluding carboxylic acids is 1. The zero-order chi connectivity index (χ0) is 19.9. The molecule has 8 heteroatoms. The van der Waals surface area contributed by atoms with Crippen LogP contribution in [0.1, 0.15) is 33.1 Å². The summed E-state index contributed by atoms with van der Waals surface area (Å²) in [6, 6.07) is 0. The number of esters is 1. The van der Waals surface area contributed by atoms with Gasteiger partial charge in [0.1, 0.15) is 30.0 Å². The molecule has 1 spiro atoms. The minimum absolute atomic E-state index is 0.0487. The molecule has 1 unspecified atom stereocenters. The number of cyclic esters (lactones) is 1. The number of hydrogen-bond donors (Lipinski definition) is 3. The zero-order valence-corrected chi connectivity index (χ0v) is 16.6. The molecule has 10 atom stereocenters. The Morgan fingerprint density at radius 3 is 2.82 bits per heavy atom. The molecule has 0 aromatic heterocycles. The Kier molecular flexibility index (Phi) is 3.20. The number of alkyl halides is 1. The maximum atomic E-state index is 12.1. The van der Waals surface area contributed by atoms with Crippen molar-refractivity contribution in [3.05, 3.63) is 11.1 Å². The predicted octanol–water partition coefficient (Wildman–Crippen LogP) is 0.276. The van der Waals surface area contributed by atoms with E-state index in [1.54, 1.807) is 6.92 Å². The molecule has 0 radical (unpaired) electrons. The van der Waals surface area contributed by atoms with Gasteiger partial charge in [-0.2, -0.15) is 0 Å². The summed E-state index contributed by atoms with van der Waals surface area (Å²) in [4.78, 5) is 12.1. The number of halogens is 1. The third-order valence-corrected chi connectivity index (χ3v) is 9.62. The Morgan fingerprint density at radius 1 is 1.36 bits per heavy atom. The summed E-state index contributed by atoms with van der Waals surface area (Å²) in [6.07, 6.45) is -0.748. The first-order valence-electron chi connectivity index (χ1n) is 10.1. The van der Waals surface area contributed by atoms with E-state index in [4.69, 9.17) is 25.8 Å². The van der Waals surface area contributed by atoms with E-state index in [9.17, 15) is 20.1 Å². The summed E-state index contributed by atoms with van der Waals surface area (Å²) in [5.41, 5.74) is -2.67. The van der Waals surface area contributed by atoms with Crippen molar-refractivity contribution in [1.29, 1.82) is 0 Å². The van der Waals surface area contributed by atoms with E-state index in [-0.39, 0.29) is 25.1 Å². The maximum Gasteiger partial charge on any atom is 0.334 e. The monoisotopic (exact) mass is 412 g/mol. The van der Waals surface area contributed by atoms with Crippen molar-refractivity contribution in [2.45, 2.75) is 73.6 Å². The lowest BCUT2D eigenvalue weighted by Gasteiger charge is -2.58. The van der Waals surface area contributed by atoms with E-state index in [2.05, 4.69) is 6.92 Å². The summed E-state index contributed by atoms with van der Waals surface area (Å²) in [5, 5.41) is 32.5. The molecule has 7 nitrogen and oxygen atoms in total. The number of fused-ring (bicyclic) bond motifs is 3. The van der Waals surface area contributed by atoms with Crippen molar-refractivity contribution in [3.63, 3.8) is 0 Å². The van der Waals surface area contributed by atoms with Crippen molar-refractivity contribution in [1.82, 2.24) is 0 Å². The number of carbonyl (C=O) groups is 1. The molecule has 0 amide bonds. The lowest BCUT2D eigenvalue weighted by molar-refractivity contribution is -0.206. The van der Waals surface area contributed by atoms with Crippen LogP contribution in [-0.2, 0) is 19.0 Å². The van der Waals surface area contributed by atoms with Gasteiger partial charge in [-0.1, -0.05) is 13.8 Å². The fourth-order valence-electron chi connectivity index (χ4n) is 7.54. The van der Waals surface area contributed by atoms with Gasteiger partial charge in [-0.3, -0.25) is 0 Å². The van der Waals surface area contributed by atoms with E-state index >= 15 is 0 Å². The summed E-state index contributed by atoms with van der Waals surface area (Å²) in [5.74, 6) is -0.767. The molecular formula is C20H25ClO7.